The van der Waals surface area contributed by atoms with Crippen LogP contribution < -0.4 is 17.4 Å². The highest BCUT2D eigenvalue weighted by atomic mass is 15.8. The van der Waals surface area contributed by atoms with Crippen LogP contribution in [-0.2, 0) is 0 Å². The highest BCUT2D eigenvalue weighted by molar-refractivity contribution is 4.52. The van der Waals surface area contributed by atoms with Gasteiger partial charge < -0.3 is 0 Å². The first-order valence-electron chi connectivity index (χ1n) is 2.48. The van der Waals surface area contributed by atoms with E-state index in [0.717, 1.165) is 0 Å². The maximum atomic E-state index is 5.53. The molecule has 4 nitrogen and oxygen atoms in total. The standard InChI is InChI=1S/C4H15N4/c1-4(2,5)8(3,6)7/h5-7H2,1-3H3/q+1. The first kappa shape index (κ1) is 7.84. The van der Waals surface area contributed by atoms with Gasteiger partial charge >= 0.3 is 0 Å². The van der Waals surface area contributed by atoms with Crippen LogP contribution >= 0.6 is 0 Å². The summed E-state index contributed by atoms with van der Waals surface area (Å²) in [7, 11) is 1.64. The summed E-state index contributed by atoms with van der Waals surface area (Å²) in [4.78, 5) is 0. The summed E-state index contributed by atoms with van der Waals surface area (Å²) >= 11 is 0. The van der Waals surface area contributed by atoms with Crippen LogP contribution in [0, 0.1) is 0 Å². The van der Waals surface area contributed by atoms with E-state index in [-0.39, 0.29) is 4.70 Å². The van der Waals surface area contributed by atoms with Crippen molar-refractivity contribution in [3.05, 3.63) is 0 Å². The number of rotatable bonds is 1. The van der Waals surface area contributed by atoms with Crippen LogP contribution in [0.25, 0.3) is 0 Å². The first-order chi connectivity index (χ1) is 3.25. The van der Waals surface area contributed by atoms with Gasteiger partial charge in [0.05, 0.1) is 0 Å². The Hall–Kier alpha value is -0.160. The Bertz CT molecular complexity index is 63.0. The summed E-state index contributed by atoms with van der Waals surface area (Å²) in [5.74, 6) is 10.8. The predicted octanol–water partition coefficient (Wildman–Crippen LogP) is -1.12. The fraction of sp³-hybridized carbons (Fsp3) is 1.00. The summed E-state index contributed by atoms with van der Waals surface area (Å²) < 4.78 is -0.201. The molecule has 0 aliphatic carbocycles. The fourth-order valence-electron chi connectivity index (χ4n) is 0. The average molecular weight is 119 g/mol. The molecular weight excluding hydrogens is 104 g/mol. The molecule has 0 aliphatic rings. The van der Waals surface area contributed by atoms with E-state index in [0.29, 0.717) is 0 Å². The van der Waals surface area contributed by atoms with Gasteiger partial charge in [0.25, 0.3) is 0 Å². The van der Waals surface area contributed by atoms with Gasteiger partial charge in [-0.15, -0.1) is 0 Å². The van der Waals surface area contributed by atoms with Gasteiger partial charge in [-0.05, 0) is 0 Å². The van der Waals surface area contributed by atoms with Crippen LogP contribution in [0.2, 0.25) is 0 Å². The number of hydrogen-bond acceptors (Lipinski definition) is 3. The minimum absolute atomic E-state index is 0.201. The van der Waals surface area contributed by atoms with E-state index in [1.807, 2.05) is 0 Å². The van der Waals surface area contributed by atoms with Gasteiger partial charge in [-0.25, -0.2) is 0 Å². The molecule has 0 fully saturated rings. The summed E-state index contributed by atoms with van der Waals surface area (Å²) in [6.45, 7) is 3.54. The molecule has 0 spiro atoms. The van der Waals surface area contributed by atoms with E-state index in [1.165, 1.54) is 0 Å². The fourth-order valence-corrected chi connectivity index (χ4v) is 0. The second-order valence-electron chi connectivity index (χ2n) is 2.80. The van der Waals surface area contributed by atoms with Gasteiger partial charge in [-0.2, -0.15) is 16.4 Å². The van der Waals surface area contributed by atoms with Crippen molar-refractivity contribution in [1.82, 2.24) is 0 Å². The Morgan fingerprint density at radius 3 is 1.38 bits per heavy atom. The van der Waals surface area contributed by atoms with Crippen molar-refractivity contribution >= 4 is 0 Å². The number of nitrogens with two attached hydrogens (primary N) is 3. The molecular formula is C4H15N4+. The Labute approximate surface area is 49.8 Å². The lowest BCUT2D eigenvalue weighted by Crippen LogP contribution is -2.72. The lowest BCUT2D eigenvalue weighted by atomic mass is 10.2. The molecule has 4 heteroatoms. The van der Waals surface area contributed by atoms with Crippen molar-refractivity contribution < 1.29 is 4.70 Å². The van der Waals surface area contributed by atoms with Gasteiger partial charge in [0.1, 0.15) is 7.05 Å². The van der Waals surface area contributed by atoms with Crippen molar-refractivity contribution in [2.45, 2.75) is 19.5 Å². The van der Waals surface area contributed by atoms with Crippen molar-refractivity contribution in [2.24, 2.45) is 17.4 Å². The summed E-state index contributed by atoms with van der Waals surface area (Å²) in [6.07, 6.45) is 0. The molecule has 0 aromatic heterocycles. The Balaban J connectivity index is 4.02. The third-order valence-corrected chi connectivity index (χ3v) is 1.24. The summed E-state index contributed by atoms with van der Waals surface area (Å²) in [6, 6.07) is 0. The average Bonchev–Trinajstić information content (AvgIpc) is 1.25. The van der Waals surface area contributed by atoms with E-state index in [1.54, 1.807) is 20.9 Å². The second-order valence-corrected chi connectivity index (χ2v) is 2.80. The first-order valence-corrected chi connectivity index (χ1v) is 2.48. The topological polar surface area (TPSA) is 78.1 Å². The molecule has 8 heavy (non-hydrogen) atoms. The Kier molecular flexibility index (Phi) is 1.63. The van der Waals surface area contributed by atoms with Crippen molar-refractivity contribution in [3.63, 3.8) is 0 Å². The van der Waals surface area contributed by atoms with E-state index >= 15 is 0 Å². The van der Waals surface area contributed by atoms with Crippen LogP contribution in [0.4, 0.5) is 0 Å². The molecule has 0 aliphatic heterocycles. The molecule has 50 valence electrons. The van der Waals surface area contributed by atoms with E-state index in [2.05, 4.69) is 0 Å². The molecule has 6 N–H and O–H groups in total. The second kappa shape index (κ2) is 1.66. The summed E-state index contributed by atoms with van der Waals surface area (Å²) in [5, 5.41) is 0. The molecule has 0 rings (SSSR count). The molecule has 0 heterocycles. The lowest BCUT2D eigenvalue weighted by molar-refractivity contribution is -0.978. The third kappa shape index (κ3) is 1.75. The van der Waals surface area contributed by atoms with Gasteiger partial charge in [-0.1, -0.05) is 0 Å². The SMILES string of the molecule is CC(C)(N)[N+](C)(N)N. The molecule has 0 saturated carbocycles. The number of nitrogens with zero attached hydrogens (tertiary/aromatic N) is 1. The smallest absolute Gasteiger partial charge is 0.179 e. The van der Waals surface area contributed by atoms with Crippen LogP contribution in [-0.4, -0.2) is 17.4 Å². The van der Waals surface area contributed by atoms with Gasteiger partial charge in [0.15, 0.2) is 5.66 Å². The number of hydrogen-bond donors (Lipinski definition) is 3. The van der Waals surface area contributed by atoms with E-state index < -0.39 is 5.66 Å². The lowest BCUT2D eigenvalue weighted by Gasteiger charge is -2.34. The van der Waals surface area contributed by atoms with Gasteiger partial charge in [0, 0.05) is 13.8 Å². The molecule has 0 saturated heterocycles. The Morgan fingerprint density at radius 2 is 1.38 bits per heavy atom. The maximum absolute atomic E-state index is 5.53. The number of quaternary nitrogens is 1. The molecule has 0 amide bonds. The Morgan fingerprint density at radius 1 is 1.25 bits per heavy atom. The van der Waals surface area contributed by atoms with Gasteiger partial charge in [0.2, 0.25) is 0 Å². The van der Waals surface area contributed by atoms with E-state index in [4.69, 9.17) is 17.4 Å². The largest absolute Gasteiger partial charge is 0.276 e. The minimum atomic E-state index is -0.569. The molecule has 0 unspecified atom stereocenters. The zero-order chi connectivity index (χ0) is 7.00. The monoisotopic (exact) mass is 119 g/mol. The quantitative estimate of drug-likeness (QED) is 0.177. The minimum Gasteiger partial charge on any atom is -0.276 e. The maximum Gasteiger partial charge on any atom is 0.179 e. The predicted molar refractivity (Wildman–Crippen MR) is 32.8 cm³/mol. The van der Waals surface area contributed by atoms with Gasteiger partial charge in [-0.3, -0.25) is 5.73 Å². The van der Waals surface area contributed by atoms with E-state index in [9.17, 15) is 0 Å². The van der Waals surface area contributed by atoms with Crippen molar-refractivity contribution in [2.75, 3.05) is 7.05 Å². The zero-order valence-corrected chi connectivity index (χ0v) is 5.68. The third-order valence-electron chi connectivity index (χ3n) is 1.24. The molecule has 0 bridgehead atoms. The molecule has 0 aromatic rings. The molecule has 0 aromatic carbocycles. The zero-order valence-electron chi connectivity index (χ0n) is 5.68. The van der Waals surface area contributed by atoms with Crippen LogP contribution in [0.5, 0.6) is 0 Å². The normalized spacial score (nSPS) is 14.2. The van der Waals surface area contributed by atoms with Crippen LogP contribution in [0.1, 0.15) is 13.8 Å². The van der Waals surface area contributed by atoms with Crippen molar-refractivity contribution in [1.29, 1.82) is 0 Å². The van der Waals surface area contributed by atoms with Crippen LogP contribution in [0.3, 0.4) is 0 Å². The highest BCUT2D eigenvalue weighted by Gasteiger charge is 2.30. The molecule has 0 atom stereocenters. The summed E-state index contributed by atoms with van der Waals surface area (Å²) in [5.41, 5.74) is 4.97. The van der Waals surface area contributed by atoms with Crippen molar-refractivity contribution in [3.8, 4) is 0 Å². The molecule has 0 radical (unpaired) electrons. The van der Waals surface area contributed by atoms with Crippen LogP contribution in [0.15, 0.2) is 0 Å². The highest BCUT2D eigenvalue weighted by Crippen LogP contribution is 2.01.